The van der Waals surface area contributed by atoms with Crippen LogP contribution in [0.3, 0.4) is 0 Å². The van der Waals surface area contributed by atoms with Crippen LogP contribution in [-0.4, -0.2) is 64.7 Å². The van der Waals surface area contributed by atoms with Crippen molar-refractivity contribution in [3.63, 3.8) is 0 Å². The number of carbonyl (C=O) groups is 1. The summed E-state index contributed by atoms with van der Waals surface area (Å²) in [6, 6.07) is 8.99. The van der Waals surface area contributed by atoms with Gasteiger partial charge in [-0.3, -0.25) is 4.90 Å². The molecule has 10 nitrogen and oxygen atoms in total. The summed E-state index contributed by atoms with van der Waals surface area (Å²) >= 11 is 0. The predicted molar refractivity (Wildman–Crippen MR) is 121 cm³/mol. The standard InChI is InChI=1S/C23H22F2N8O2/c1-16(23(35,11-30-14-26-12-28-30)20-7-2-17(24)10-21(20)25)31-8-9-32(22(31)34)18-3-5-19(6-4-18)33-15-27-13-29-33/h2-7,10,12-16,35H,8-9,11H2,1H3/t16-,23?/m1/s1. The molecular formula is C23H22F2N8O2. The lowest BCUT2D eigenvalue weighted by Gasteiger charge is -2.39. The second-order valence-corrected chi connectivity index (χ2v) is 8.30. The monoisotopic (exact) mass is 480 g/mol. The molecule has 0 saturated carbocycles. The lowest BCUT2D eigenvalue weighted by atomic mass is 9.85. The van der Waals surface area contributed by atoms with Crippen LogP contribution in [0.2, 0.25) is 0 Å². The van der Waals surface area contributed by atoms with E-state index in [2.05, 4.69) is 20.2 Å². The Morgan fingerprint density at radius 3 is 2.37 bits per heavy atom. The van der Waals surface area contributed by atoms with Crippen LogP contribution < -0.4 is 4.90 Å². The highest BCUT2D eigenvalue weighted by Gasteiger charge is 2.46. The average Bonchev–Trinajstić information content (AvgIpc) is 3.61. The molecule has 1 unspecified atom stereocenters. The van der Waals surface area contributed by atoms with Crippen molar-refractivity contribution < 1.29 is 18.7 Å². The van der Waals surface area contributed by atoms with E-state index in [0.29, 0.717) is 24.8 Å². The first kappa shape index (κ1) is 22.6. The fraction of sp³-hybridized carbons (Fsp3) is 0.261. The van der Waals surface area contributed by atoms with Crippen molar-refractivity contribution in [2.45, 2.75) is 25.1 Å². The van der Waals surface area contributed by atoms with Gasteiger partial charge in [-0.25, -0.2) is 32.9 Å². The van der Waals surface area contributed by atoms with E-state index < -0.39 is 23.3 Å². The molecule has 1 N–H and O–H groups in total. The topological polar surface area (TPSA) is 105 Å². The number of anilines is 1. The van der Waals surface area contributed by atoms with Crippen LogP contribution in [0.1, 0.15) is 12.5 Å². The molecule has 2 atom stereocenters. The highest BCUT2D eigenvalue weighted by Crippen LogP contribution is 2.35. The fourth-order valence-electron chi connectivity index (χ4n) is 4.38. The first-order valence-corrected chi connectivity index (χ1v) is 10.9. The summed E-state index contributed by atoms with van der Waals surface area (Å²) in [5.41, 5.74) is -0.586. The number of aliphatic hydroxyl groups is 1. The summed E-state index contributed by atoms with van der Waals surface area (Å²) in [5, 5.41) is 19.9. The maximum Gasteiger partial charge on any atom is 0.324 e. The van der Waals surface area contributed by atoms with Crippen LogP contribution >= 0.6 is 0 Å². The molecule has 1 saturated heterocycles. The van der Waals surface area contributed by atoms with Crippen molar-refractivity contribution in [3.8, 4) is 5.69 Å². The maximum atomic E-state index is 14.8. The molecular weight excluding hydrogens is 458 g/mol. The van der Waals surface area contributed by atoms with Gasteiger partial charge in [-0.05, 0) is 37.3 Å². The van der Waals surface area contributed by atoms with Gasteiger partial charge in [0, 0.05) is 30.4 Å². The summed E-state index contributed by atoms with van der Waals surface area (Å²) in [4.78, 5) is 24.3. The van der Waals surface area contributed by atoms with Gasteiger partial charge in [-0.2, -0.15) is 10.2 Å². The molecule has 0 spiro atoms. The Morgan fingerprint density at radius 1 is 1.00 bits per heavy atom. The quantitative estimate of drug-likeness (QED) is 0.436. The normalized spacial score (nSPS) is 16.5. The van der Waals surface area contributed by atoms with Crippen molar-refractivity contribution in [1.29, 1.82) is 0 Å². The first-order valence-electron chi connectivity index (χ1n) is 10.9. The zero-order valence-corrected chi connectivity index (χ0v) is 18.7. The number of amides is 2. The Morgan fingerprint density at radius 2 is 1.71 bits per heavy atom. The van der Waals surface area contributed by atoms with Gasteiger partial charge in [0.1, 0.15) is 42.5 Å². The summed E-state index contributed by atoms with van der Waals surface area (Å²) in [6.45, 7) is 2.12. The Balaban J connectivity index is 1.43. The number of nitrogens with zero attached hydrogens (tertiary/aromatic N) is 8. The average molecular weight is 480 g/mol. The molecule has 5 rings (SSSR count). The van der Waals surface area contributed by atoms with E-state index in [-0.39, 0.29) is 18.1 Å². The molecule has 180 valence electrons. The minimum atomic E-state index is -1.91. The molecule has 0 aliphatic carbocycles. The third-order valence-corrected chi connectivity index (χ3v) is 6.31. The highest BCUT2D eigenvalue weighted by molar-refractivity contribution is 5.94. The predicted octanol–water partition coefficient (Wildman–Crippen LogP) is 2.36. The molecule has 0 radical (unpaired) electrons. The second kappa shape index (κ2) is 8.87. The van der Waals surface area contributed by atoms with Crippen LogP contribution in [0.15, 0.2) is 67.8 Å². The minimum Gasteiger partial charge on any atom is -0.381 e. The Bertz CT molecular complexity index is 1310. The Kier molecular flexibility index (Phi) is 5.73. The van der Waals surface area contributed by atoms with Gasteiger partial charge in [-0.15, -0.1) is 0 Å². The van der Waals surface area contributed by atoms with Crippen molar-refractivity contribution in [2.24, 2.45) is 0 Å². The first-order chi connectivity index (χ1) is 16.9. The van der Waals surface area contributed by atoms with E-state index in [1.807, 2.05) is 12.1 Å². The lowest BCUT2D eigenvalue weighted by molar-refractivity contribution is -0.0475. The molecule has 1 aliphatic rings. The third kappa shape index (κ3) is 4.12. The number of hydrogen-bond acceptors (Lipinski definition) is 6. The van der Waals surface area contributed by atoms with Crippen LogP contribution in [0.25, 0.3) is 5.69 Å². The van der Waals surface area contributed by atoms with E-state index in [1.54, 1.807) is 35.0 Å². The number of benzene rings is 2. The van der Waals surface area contributed by atoms with Crippen LogP contribution in [0, 0.1) is 11.6 Å². The van der Waals surface area contributed by atoms with Gasteiger partial charge < -0.3 is 10.0 Å². The van der Waals surface area contributed by atoms with E-state index in [1.165, 1.54) is 34.6 Å². The molecule has 1 aliphatic heterocycles. The number of hydrogen-bond donors (Lipinski definition) is 1. The molecule has 4 aromatic rings. The summed E-state index contributed by atoms with van der Waals surface area (Å²) < 4.78 is 31.4. The Labute approximate surface area is 199 Å². The number of halogens is 2. The number of carbonyl (C=O) groups excluding carboxylic acids is 1. The molecule has 2 aromatic carbocycles. The van der Waals surface area contributed by atoms with Crippen molar-refractivity contribution in [1.82, 2.24) is 34.4 Å². The summed E-state index contributed by atoms with van der Waals surface area (Å²) in [6.07, 6.45) is 5.68. The van der Waals surface area contributed by atoms with Crippen molar-refractivity contribution >= 4 is 11.7 Å². The van der Waals surface area contributed by atoms with Gasteiger partial charge in [0.2, 0.25) is 0 Å². The Hall–Kier alpha value is -4.19. The van der Waals surface area contributed by atoms with Gasteiger partial charge in [0.05, 0.1) is 18.3 Å². The lowest BCUT2D eigenvalue weighted by Crippen LogP contribution is -2.53. The third-order valence-electron chi connectivity index (χ3n) is 6.31. The van der Waals surface area contributed by atoms with Crippen molar-refractivity contribution in [3.05, 3.63) is 85.0 Å². The largest absolute Gasteiger partial charge is 0.381 e. The number of aromatic nitrogens is 6. The van der Waals surface area contributed by atoms with Gasteiger partial charge in [0.15, 0.2) is 0 Å². The van der Waals surface area contributed by atoms with Gasteiger partial charge >= 0.3 is 6.03 Å². The summed E-state index contributed by atoms with van der Waals surface area (Å²) in [7, 11) is 0. The molecule has 2 amide bonds. The summed E-state index contributed by atoms with van der Waals surface area (Å²) in [5.74, 6) is -1.67. The molecule has 1 fully saturated rings. The van der Waals surface area contributed by atoms with Gasteiger partial charge in [0.25, 0.3) is 0 Å². The molecule has 35 heavy (non-hydrogen) atoms. The maximum absolute atomic E-state index is 14.8. The molecule has 0 bridgehead atoms. The van der Waals surface area contributed by atoms with Crippen LogP contribution in [0.4, 0.5) is 19.3 Å². The highest BCUT2D eigenvalue weighted by atomic mass is 19.1. The van der Waals surface area contributed by atoms with Gasteiger partial charge in [-0.1, -0.05) is 6.07 Å². The molecule has 3 heterocycles. The minimum absolute atomic E-state index is 0.134. The van der Waals surface area contributed by atoms with E-state index in [0.717, 1.165) is 11.8 Å². The molecule has 2 aromatic heterocycles. The van der Waals surface area contributed by atoms with Crippen LogP contribution in [-0.2, 0) is 12.1 Å². The smallest absolute Gasteiger partial charge is 0.324 e. The second-order valence-electron chi connectivity index (χ2n) is 8.30. The van der Waals surface area contributed by atoms with E-state index in [9.17, 15) is 18.7 Å². The zero-order chi connectivity index (χ0) is 24.6. The van der Waals surface area contributed by atoms with Crippen molar-refractivity contribution in [2.75, 3.05) is 18.0 Å². The zero-order valence-electron chi connectivity index (χ0n) is 18.7. The number of rotatable bonds is 7. The SMILES string of the molecule is C[C@@H](N1CCN(c2ccc(-n3cncn3)cc2)C1=O)C(O)(Cn1cncn1)c1ccc(F)cc1F. The fourth-order valence-corrected chi connectivity index (χ4v) is 4.38. The van der Waals surface area contributed by atoms with E-state index >= 15 is 0 Å². The molecule has 12 heteroatoms. The van der Waals surface area contributed by atoms with E-state index in [4.69, 9.17) is 0 Å². The van der Waals surface area contributed by atoms with Crippen LogP contribution in [0.5, 0.6) is 0 Å². The number of urea groups is 1.